The Kier molecular flexibility index (Phi) is 5.94. The SMILES string of the molecule is COC(=O)c1cccc(-c2nc(Nc3cnn(C4CCC(C#N)CC4)c3)ncc2C)c1. The number of nitrogens with zero attached hydrogens (tertiary/aromatic N) is 5. The van der Waals surface area contributed by atoms with Crippen LogP contribution in [-0.4, -0.2) is 32.8 Å². The van der Waals surface area contributed by atoms with Gasteiger partial charge in [0.25, 0.3) is 0 Å². The van der Waals surface area contributed by atoms with E-state index in [1.807, 2.05) is 23.9 Å². The van der Waals surface area contributed by atoms with Crippen LogP contribution in [-0.2, 0) is 4.74 Å². The highest BCUT2D eigenvalue weighted by Gasteiger charge is 2.22. The molecule has 0 amide bonds. The summed E-state index contributed by atoms with van der Waals surface area (Å²) in [5.41, 5.74) is 3.74. The van der Waals surface area contributed by atoms with Crippen LogP contribution in [0.5, 0.6) is 0 Å². The molecule has 1 aromatic carbocycles. The summed E-state index contributed by atoms with van der Waals surface area (Å²) in [6.07, 6.45) is 9.22. The summed E-state index contributed by atoms with van der Waals surface area (Å²) in [5, 5.41) is 16.8. The summed E-state index contributed by atoms with van der Waals surface area (Å²) >= 11 is 0. The first-order valence-corrected chi connectivity index (χ1v) is 10.3. The molecule has 0 bridgehead atoms. The third-order valence-corrected chi connectivity index (χ3v) is 5.64. The minimum Gasteiger partial charge on any atom is -0.465 e. The quantitative estimate of drug-likeness (QED) is 0.613. The Hall–Kier alpha value is -3.73. The summed E-state index contributed by atoms with van der Waals surface area (Å²) in [7, 11) is 1.36. The van der Waals surface area contributed by atoms with Crippen molar-refractivity contribution in [1.82, 2.24) is 19.7 Å². The molecule has 8 heteroatoms. The van der Waals surface area contributed by atoms with E-state index in [-0.39, 0.29) is 11.9 Å². The van der Waals surface area contributed by atoms with Crippen LogP contribution in [0.15, 0.2) is 42.9 Å². The molecule has 0 spiro atoms. The minimum absolute atomic E-state index is 0.168. The second-order valence-electron chi connectivity index (χ2n) is 7.77. The number of ether oxygens (including phenoxy) is 1. The largest absolute Gasteiger partial charge is 0.465 e. The molecule has 0 unspecified atom stereocenters. The minimum atomic E-state index is -0.386. The number of aromatic nitrogens is 4. The number of methoxy groups -OCH3 is 1. The molecule has 31 heavy (non-hydrogen) atoms. The third-order valence-electron chi connectivity index (χ3n) is 5.64. The van der Waals surface area contributed by atoms with Crippen molar-refractivity contribution in [1.29, 1.82) is 5.26 Å². The zero-order valence-corrected chi connectivity index (χ0v) is 17.6. The number of carbonyl (C=O) groups is 1. The number of carbonyl (C=O) groups excluding carboxylic acids is 1. The summed E-state index contributed by atoms with van der Waals surface area (Å²) in [4.78, 5) is 20.9. The maximum atomic E-state index is 11.9. The fraction of sp³-hybridized carbons (Fsp3) is 0.348. The molecule has 0 saturated heterocycles. The van der Waals surface area contributed by atoms with Crippen molar-refractivity contribution in [2.24, 2.45) is 5.92 Å². The van der Waals surface area contributed by atoms with Crippen molar-refractivity contribution in [3.63, 3.8) is 0 Å². The van der Waals surface area contributed by atoms with Crippen molar-refractivity contribution in [2.75, 3.05) is 12.4 Å². The fourth-order valence-electron chi connectivity index (χ4n) is 3.91. The molecule has 2 heterocycles. The smallest absolute Gasteiger partial charge is 0.337 e. The normalized spacial score (nSPS) is 18.2. The Morgan fingerprint density at radius 1 is 1.26 bits per heavy atom. The molecule has 4 rings (SSSR count). The van der Waals surface area contributed by atoms with E-state index < -0.39 is 0 Å². The highest BCUT2D eigenvalue weighted by molar-refractivity contribution is 5.90. The van der Waals surface area contributed by atoms with Crippen molar-refractivity contribution < 1.29 is 9.53 Å². The summed E-state index contributed by atoms with van der Waals surface area (Å²) < 4.78 is 6.78. The van der Waals surface area contributed by atoms with Gasteiger partial charge in [-0.25, -0.2) is 14.8 Å². The van der Waals surface area contributed by atoms with Crippen molar-refractivity contribution in [3.05, 3.63) is 54.0 Å². The van der Waals surface area contributed by atoms with E-state index in [4.69, 9.17) is 10.00 Å². The van der Waals surface area contributed by atoms with Crippen LogP contribution in [0.3, 0.4) is 0 Å². The first kappa shape index (κ1) is 20.5. The lowest BCUT2D eigenvalue weighted by Gasteiger charge is -2.24. The molecule has 1 saturated carbocycles. The van der Waals surface area contributed by atoms with Crippen LogP contribution >= 0.6 is 0 Å². The van der Waals surface area contributed by atoms with Gasteiger partial charge in [-0.05, 0) is 50.3 Å². The number of aryl methyl sites for hydroxylation is 1. The van der Waals surface area contributed by atoms with E-state index in [0.29, 0.717) is 17.6 Å². The van der Waals surface area contributed by atoms with E-state index in [0.717, 1.165) is 48.2 Å². The number of hydrogen-bond donors (Lipinski definition) is 1. The van der Waals surface area contributed by atoms with Gasteiger partial charge in [0, 0.05) is 23.9 Å². The summed E-state index contributed by atoms with van der Waals surface area (Å²) in [6, 6.07) is 9.87. The Balaban J connectivity index is 1.52. The molecular weight excluding hydrogens is 392 g/mol. The molecule has 0 aliphatic heterocycles. The lowest BCUT2D eigenvalue weighted by molar-refractivity contribution is 0.0601. The number of anilines is 2. The van der Waals surface area contributed by atoms with Gasteiger partial charge in [0.1, 0.15) is 0 Å². The van der Waals surface area contributed by atoms with Gasteiger partial charge in [-0.1, -0.05) is 12.1 Å². The molecule has 1 fully saturated rings. The first-order chi connectivity index (χ1) is 15.1. The number of nitrogens with one attached hydrogen (secondary N) is 1. The molecule has 3 aromatic rings. The Morgan fingerprint density at radius 3 is 2.81 bits per heavy atom. The Bertz CT molecular complexity index is 1130. The van der Waals surface area contributed by atoms with E-state index >= 15 is 0 Å². The lowest BCUT2D eigenvalue weighted by atomic mass is 9.87. The van der Waals surface area contributed by atoms with Gasteiger partial charge >= 0.3 is 5.97 Å². The first-order valence-electron chi connectivity index (χ1n) is 10.3. The van der Waals surface area contributed by atoms with E-state index in [1.165, 1.54) is 7.11 Å². The number of esters is 1. The van der Waals surface area contributed by atoms with Crippen molar-refractivity contribution in [2.45, 2.75) is 38.6 Å². The molecule has 1 N–H and O–H groups in total. The van der Waals surface area contributed by atoms with Gasteiger partial charge < -0.3 is 10.1 Å². The standard InChI is InChI=1S/C23H24N6O2/c1-15-12-25-23(28-21(15)17-4-3-5-18(10-17)22(30)31-2)27-19-13-26-29(14-19)20-8-6-16(11-24)7-9-20/h3-5,10,12-14,16,20H,6-9H2,1-2H3,(H,25,27,28). The van der Waals surface area contributed by atoms with Crippen LogP contribution in [0.1, 0.15) is 47.6 Å². The van der Waals surface area contributed by atoms with E-state index in [1.54, 1.807) is 30.6 Å². The van der Waals surface area contributed by atoms with Crippen LogP contribution in [0.2, 0.25) is 0 Å². The Morgan fingerprint density at radius 2 is 2.06 bits per heavy atom. The molecule has 158 valence electrons. The average molecular weight is 416 g/mol. The van der Waals surface area contributed by atoms with Gasteiger partial charge in [-0.3, -0.25) is 4.68 Å². The van der Waals surface area contributed by atoms with E-state index in [9.17, 15) is 4.79 Å². The topological polar surface area (TPSA) is 106 Å². The van der Waals surface area contributed by atoms with Gasteiger partial charge in [0.15, 0.2) is 0 Å². The van der Waals surface area contributed by atoms with Crippen LogP contribution in [0.4, 0.5) is 11.6 Å². The molecule has 8 nitrogen and oxygen atoms in total. The molecule has 1 aliphatic carbocycles. The van der Waals surface area contributed by atoms with Crippen LogP contribution < -0.4 is 5.32 Å². The lowest BCUT2D eigenvalue weighted by Crippen LogP contribution is -2.17. The zero-order chi connectivity index (χ0) is 21.8. The van der Waals surface area contributed by atoms with Gasteiger partial charge in [-0.15, -0.1) is 0 Å². The molecular formula is C23H24N6O2. The number of rotatable bonds is 5. The second kappa shape index (κ2) is 8.96. The van der Waals surface area contributed by atoms with Gasteiger partial charge in [-0.2, -0.15) is 10.4 Å². The molecule has 0 radical (unpaired) electrons. The Labute approximate surface area is 180 Å². The van der Waals surface area contributed by atoms with Crippen LogP contribution in [0.25, 0.3) is 11.3 Å². The predicted molar refractivity (Wildman–Crippen MR) is 116 cm³/mol. The molecule has 0 atom stereocenters. The van der Waals surface area contributed by atoms with Crippen molar-refractivity contribution >= 4 is 17.6 Å². The highest BCUT2D eigenvalue weighted by Crippen LogP contribution is 2.32. The summed E-state index contributed by atoms with van der Waals surface area (Å²) in [5.74, 6) is 0.237. The van der Waals surface area contributed by atoms with Crippen molar-refractivity contribution in [3.8, 4) is 17.3 Å². The second-order valence-corrected chi connectivity index (χ2v) is 7.77. The molecule has 2 aromatic heterocycles. The maximum Gasteiger partial charge on any atom is 0.337 e. The summed E-state index contributed by atoms with van der Waals surface area (Å²) in [6.45, 7) is 1.93. The predicted octanol–water partition coefficient (Wildman–Crippen LogP) is 4.43. The zero-order valence-electron chi connectivity index (χ0n) is 17.6. The number of hydrogen-bond acceptors (Lipinski definition) is 7. The fourth-order valence-corrected chi connectivity index (χ4v) is 3.91. The van der Waals surface area contributed by atoms with Gasteiger partial charge in [0.05, 0.1) is 42.4 Å². The third kappa shape index (κ3) is 4.56. The van der Waals surface area contributed by atoms with Crippen LogP contribution in [0, 0.1) is 24.2 Å². The maximum absolute atomic E-state index is 11.9. The molecule has 1 aliphatic rings. The average Bonchev–Trinajstić information content (AvgIpc) is 3.28. The number of benzene rings is 1. The van der Waals surface area contributed by atoms with Gasteiger partial charge in [0.2, 0.25) is 5.95 Å². The monoisotopic (exact) mass is 416 g/mol. The highest BCUT2D eigenvalue weighted by atomic mass is 16.5. The van der Waals surface area contributed by atoms with E-state index in [2.05, 4.69) is 26.5 Å². The number of nitriles is 1.